The van der Waals surface area contributed by atoms with E-state index < -0.39 is 0 Å². The first kappa shape index (κ1) is 16.7. The number of likely N-dealkylation sites (N-methyl/N-ethyl adjacent to an activating group) is 1. The number of fused-ring (bicyclic) bond motifs is 1. The van der Waals surface area contributed by atoms with Crippen LogP contribution in [-0.2, 0) is 0 Å². The monoisotopic (exact) mass is 367 g/mol. The average Bonchev–Trinajstić information content (AvgIpc) is 3.05. The number of carbonyl (C=O) groups excluding carboxylic acids is 1. The standard InChI is InChI=1S/C17H15Cl2NO4/c1-20(6-7-22-13-4-2-12(18)3-5-13)17(21)11-8-14(19)16-15(9-11)23-10-24-16/h2-5,8-9H,6-7,10H2,1H3. The molecule has 7 heteroatoms. The maximum Gasteiger partial charge on any atom is 0.253 e. The van der Waals surface area contributed by atoms with Gasteiger partial charge in [0.05, 0.1) is 11.6 Å². The van der Waals surface area contributed by atoms with Crippen molar-refractivity contribution in [2.24, 2.45) is 0 Å². The molecule has 1 aliphatic rings. The van der Waals surface area contributed by atoms with Crippen molar-refractivity contribution in [2.75, 3.05) is 27.0 Å². The molecule has 0 saturated carbocycles. The number of carbonyl (C=O) groups is 1. The molecule has 1 amide bonds. The van der Waals surface area contributed by atoms with Gasteiger partial charge in [0.15, 0.2) is 11.5 Å². The summed E-state index contributed by atoms with van der Waals surface area (Å²) in [6, 6.07) is 10.3. The van der Waals surface area contributed by atoms with Gasteiger partial charge in [-0.1, -0.05) is 23.2 Å². The average molecular weight is 368 g/mol. The number of amides is 1. The van der Waals surface area contributed by atoms with Gasteiger partial charge in [0, 0.05) is 17.6 Å². The Balaban J connectivity index is 1.59. The van der Waals surface area contributed by atoms with Crippen molar-refractivity contribution < 1.29 is 19.0 Å². The van der Waals surface area contributed by atoms with Crippen molar-refractivity contribution in [2.45, 2.75) is 0 Å². The van der Waals surface area contributed by atoms with Gasteiger partial charge in [0.1, 0.15) is 12.4 Å². The Morgan fingerprint density at radius 2 is 1.96 bits per heavy atom. The summed E-state index contributed by atoms with van der Waals surface area (Å²) < 4.78 is 16.1. The Morgan fingerprint density at radius 3 is 2.71 bits per heavy atom. The van der Waals surface area contributed by atoms with E-state index in [1.54, 1.807) is 48.3 Å². The van der Waals surface area contributed by atoms with E-state index in [0.29, 0.717) is 46.0 Å². The quantitative estimate of drug-likeness (QED) is 0.804. The summed E-state index contributed by atoms with van der Waals surface area (Å²) in [6.45, 7) is 0.896. The van der Waals surface area contributed by atoms with Crippen molar-refractivity contribution in [3.8, 4) is 17.2 Å². The number of hydrogen-bond acceptors (Lipinski definition) is 4. The van der Waals surface area contributed by atoms with E-state index in [4.69, 9.17) is 37.4 Å². The minimum absolute atomic E-state index is 0.109. The maximum atomic E-state index is 12.5. The van der Waals surface area contributed by atoms with Crippen LogP contribution < -0.4 is 14.2 Å². The molecule has 126 valence electrons. The third-order valence-electron chi connectivity index (χ3n) is 3.53. The molecule has 5 nitrogen and oxygen atoms in total. The Labute approximate surface area is 149 Å². The summed E-state index contributed by atoms with van der Waals surface area (Å²) >= 11 is 11.9. The first-order valence-corrected chi connectivity index (χ1v) is 8.03. The van der Waals surface area contributed by atoms with E-state index in [2.05, 4.69) is 0 Å². The third-order valence-corrected chi connectivity index (χ3v) is 4.06. The number of benzene rings is 2. The molecule has 0 fully saturated rings. The minimum atomic E-state index is -0.171. The Hall–Kier alpha value is -2.11. The van der Waals surface area contributed by atoms with Gasteiger partial charge < -0.3 is 19.1 Å². The highest BCUT2D eigenvalue weighted by atomic mass is 35.5. The molecule has 0 spiro atoms. The van der Waals surface area contributed by atoms with Gasteiger partial charge in [0.2, 0.25) is 6.79 Å². The Bertz CT molecular complexity index is 749. The van der Waals surface area contributed by atoms with Crippen molar-refractivity contribution >= 4 is 29.1 Å². The normalized spacial score (nSPS) is 12.1. The summed E-state index contributed by atoms with van der Waals surface area (Å²) in [6.07, 6.45) is 0. The molecule has 1 heterocycles. The van der Waals surface area contributed by atoms with E-state index in [1.165, 1.54) is 0 Å². The molecule has 3 rings (SSSR count). The zero-order valence-electron chi connectivity index (χ0n) is 12.9. The minimum Gasteiger partial charge on any atom is -0.492 e. The molecular formula is C17H15Cl2NO4. The van der Waals surface area contributed by atoms with Gasteiger partial charge in [-0.2, -0.15) is 0 Å². The van der Waals surface area contributed by atoms with Crippen molar-refractivity contribution in [3.05, 3.63) is 52.0 Å². The largest absolute Gasteiger partial charge is 0.492 e. The van der Waals surface area contributed by atoms with Gasteiger partial charge >= 0.3 is 0 Å². The maximum absolute atomic E-state index is 12.5. The molecule has 0 bridgehead atoms. The highest BCUT2D eigenvalue weighted by Gasteiger charge is 2.22. The van der Waals surface area contributed by atoms with Crippen LogP contribution in [0.3, 0.4) is 0 Å². The van der Waals surface area contributed by atoms with E-state index in [0.717, 1.165) is 0 Å². The molecule has 1 aliphatic heterocycles. The topological polar surface area (TPSA) is 48.0 Å². The molecule has 24 heavy (non-hydrogen) atoms. The van der Waals surface area contributed by atoms with Gasteiger partial charge in [0.25, 0.3) is 5.91 Å². The summed E-state index contributed by atoms with van der Waals surface area (Å²) in [5.41, 5.74) is 0.443. The van der Waals surface area contributed by atoms with Gasteiger partial charge in [-0.05, 0) is 36.4 Å². The van der Waals surface area contributed by atoms with Crippen molar-refractivity contribution in [3.63, 3.8) is 0 Å². The van der Waals surface area contributed by atoms with E-state index in [-0.39, 0.29) is 12.7 Å². The van der Waals surface area contributed by atoms with E-state index >= 15 is 0 Å². The Morgan fingerprint density at radius 1 is 1.21 bits per heavy atom. The van der Waals surface area contributed by atoms with Gasteiger partial charge in [-0.25, -0.2) is 0 Å². The number of halogens is 2. The molecular weight excluding hydrogens is 353 g/mol. The Kier molecular flexibility index (Phi) is 5.02. The third kappa shape index (κ3) is 3.68. The second kappa shape index (κ2) is 7.20. The van der Waals surface area contributed by atoms with Crippen LogP contribution in [0, 0.1) is 0 Å². The highest BCUT2D eigenvalue weighted by molar-refractivity contribution is 6.32. The van der Waals surface area contributed by atoms with Crippen LogP contribution in [0.1, 0.15) is 10.4 Å². The lowest BCUT2D eigenvalue weighted by Crippen LogP contribution is -2.30. The lowest BCUT2D eigenvalue weighted by Gasteiger charge is -2.18. The fraction of sp³-hybridized carbons (Fsp3) is 0.235. The van der Waals surface area contributed by atoms with Crippen LogP contribution in [0.4, 0.5) is 0 Å². The molecule has 0 N–H and O–H groups in total. The lowest BCUT2D eigenvalue weighted by atomic mass is 10.2. The zero-order valence-corrected chi connectivity index (χ0v) is 14.4. The van der Waals surface area contributed by atoms with Crippen LogP contribution in [0.5, 0.6) is 17.2 Å². The smallest absolute Gasteiger partial charge is 0.253 e. The van der Waals surface area contributed by atoms with Crippen molar-refractivity contribution in [1.29, 1.82) is 0 Å². The molecule has 0 aromatic heterocycles. The van der Waals surface area contributed by atoms with Crippen LogP contribution in [0.25, 0.3) is 0 Å². The molecule has 0 aliphatic carbocycles. The predicted molar refractivity (Wildman–Crippen MR) is 91.5 cm³/mol. The molecule has 0 radical (unpaired) electrons. The first-order chi connectivity index (χ1) is 11.5. The predicted octanol–water partition coefficient (Wildman–Crippen LogP) is 3.87. The fourth-order valence-electron chi connectivity index (χ4n) is 2.24. The number of ether oxygens (including phenoxy) is 3. The van der Waals surface area contributed by atoms with Crippen LogP contribution >= 0.6 is 23.2 Å². The van der Waals surface area contributed by atoms with Crippen LogP contribution in [0.2, 0.25) is 10.0 Å². The molecule has 0 atom stereocenters. The first-order valence-electron chi connectivity index (χ1n) is 7.27. The molecule has 2 aromatic carbocycles. The number of hydrogen-bond donors (Lipinski definition) is 0. The summed E-state index contributed by atoms with van der Waals surface area (Å²) in [5, 5.41) is 1.01. The van der Waals surface area contributed by atoms with E-state index in [9.17, 15) is 4.79 Å². The highest BCUT2D eigenvalue weighted by Crippen LogP contribution is 2.39. The van der Waals surface area contributed by atoms with Gasteiger partial charge in [-0.15, -0.1) is 0 Å². The number of rotatable bonds is 5. The second-order valence-corrected chi connectivity index (χ2v) is 6.06. The fourth-order valence-corrected chi connectivity index (χ4v) is 2.64. The lowest BCUT2D eigenvalue weighted by molar-refractivity contribution is 0.0773. The molecule has 0 unspecified atom stereocenters. The SMILES string of the molecule is CN(CCOc1ccc(Cl)cc1)C(=O)c1cc(Cl)c2c(c1)OCO2. The van der Waals surface area contributed by atoms with Gasteiger partial charge in [-0.3, -0.25) is 4.79 Å². The summed E-state index contributed by atoms with van der Waals surface area (Å²) in [7, 11) is 1.70. The van der Waals surface area contributed by atoms with Crippen LogP contribution in [-0.4, -0.2) is 37.8 Å². The van der Waals surface area contributed by atoms with Crippen LogP contribution in [0.15, 0.2) is 36.4 Å². The summed E-state index contributed by atoms with van der Waals surface area (Å²) in [4.78, 5) is 14.0. The van der Waals surface area contributed by atoms with E-state index in [1.807, 2.05) is 0 Å². The second-order valence-electron chi connectivity index (χ2n) is 5.22. The van der Waals surface area contributed by atoms with Crippen molar-refractivity contribution in [1.82, 2.24) is 4.90 Å². The molecule has 2 aromatic rings. The summed E-state index contributed by atoms with van der Waals surface area (Å²) in [5.74, 6) is 1.49. The number of nitrogens with zero attached hydrogens (tertiary/aromatic N) is 1. The molecule has 0 saturated heterocycles. The zero-order chi connectivity index (χ0) is 17.1.